The zero-order valence-corrected chi connectivity index (χ0v) is 13.3. The minimum atomic E-state index is -0.581. The number of nitriles is 1. The molecule has 2 heterocycles. The lowest BCUT2D eigenvalue weighted by molar-refractivity contribution is 0.0457. The highest BCUT2D eigenvalue weighted by molar-refractivity contribution is 7.18. The number of nitrogen functional groups attached to an aromatic ring is 1. The van der Waals surface area contributed by atoms with Gasteiger partial charge in [0, 0.05) is 5.56 Å². The summed E-state index contributed by atoms with van der Waals surface area (Å²) < 4.78 is 10.1. The average molecular weight is 336 g/mol. The lowest BCUT2D eigenvalue weighted by atomic mass is 10.1. The number of rotatable bonds is 5. The highest BCUT2D eigenvalue weighted by Gasteiger charge is 2.24. The second kappa shape index (κ2) is 7.06. The first-order valence-electron chi connectivity index (χ1n) is 6.27. The van der Waals surface area contributed by atoms with Gasteiger partial charge in [-0.3, -0.25) is 0 Å². The molecule has 0 aliphatic rings. The van der Waals surface area contributed by atoms with E-state index in [1.807, 2.05) is 6.07 Å². The summed E-state index contributed by atoms with van der Waals surface area (Å²) in [6.07, 6.45) is 0. The van der Waals surface area contributed by atoms with Crippen LogP contribution in [0.1, 0.15) is 37.4 Å². The summed E-state index contributed by atoms with van der Waals surface area (Å²) in [6, 6.07) is 5.29. The Hall–Kier alpha value is -2.37. The van der Waals surface area contributed by atoms with Crippen molar-refractivity contribution in [2.75, 3.05) is 12.3 Å². The third-order valence-electron chi connectivity index (χ3n) is 2.68. The topological polar surface area (TPSA) is 102 Å². The summed E-state index contributed by atoms with van der Waals surface area (Å²) in [4.78, 5) is 24.4. The van der Waals surface area contributed by atoms with Gasteiger partial charge in [0.05, 0.1) is 12.2 Å². The molecular formula is C14H12N2O4S2. The van der Waals surface area contributed by atoms with Crippen molar-refractivity contribution in [3.63, 3.8) is 0 Å². The largest absolute Gasteiger partial charge is 0.462 e. The Morgan fingerprint density at radius 1 is 1.36 bits per heavy atom. The molecule has 0 amide bonds. The van der Waals surface area contributed by atoms with Crippen molar-refractivity contribution >= 4 is 39.6 Å². The second-order valence-electron chi connectivity index (χ2n) is 4.03. The first-order valence-corrected chi connectivity index (χ1v) is 7.97. The van der Waals surface area contributed by atoms with Gasteiger partial charge in [-0.05, 0) is 18.4 Å². The normalized spacial score (nSPS) is 10.0. The average Bonchev–Trinajstić information content (AvgIpc) is 3.12. The first kappa shape index (κ1) is 16.0. The Labute approximate surface area is 134 Å². The number of ether oxygens (including phenoxy) is 2. The summed E-state index contributed by atoms with van der Waals surface area (Å²) in [5.41, 5.74) is 6.17. The van der Waals surface area contributed by atoms with E-state index in [1.165, 1.54) is 11.3 Å². The molecule has 0 fully saturated rings. The molecule has 22 heavy (non-hydrogen) atoms. The lowest BCUT2D eigenvalue weighted by Gasteiger charge is -2.05. The number of hydrogen-bond acceptors (Lipinski definition) is 8. The summed E-state index contributed by atoms with van der Waals surface area (Å²) in [7, 11) is 0. The molecule has 2 aromatic rings. The quantitative estimate of drug-likeness (QED) is 0.842. The smallest absolute Gasteiger partial charge is 0.348 e. The third-order valence-corrected chi connectivity index (χ3v) is 4.57. The zero-order valence-electron chi connectivity index (χ0n) is 11.6. The van der Waals surface area contributed by atoms with E-state index >= 15 is 0 Å². The number of thiophene rings is 2. The summed E-state index contributed by atoms with van der Waals surface area (Å²) in [5.74, 6) is -1.10. The van der Waals surface area contributed by atoms with E-state index in [9.17, 15) is 9.59 Å². The van der Waals surface area contributed by atoms with Crippen molar-refractivity contribution in [2.45, 2.75) is 13.5 Å². The van der Waals surface area contributed by atoms with Crippen LogP contribution < -0.4 is 5.73 Å². The van der Waals surface area contributed by atoms with Crippen LogP contribution in [0.3, 0.4) is 0 Å². The van der Waals surface area contributed by atoms with Gasteiger partial charge in [0.25, 0.3) is 0 Å². The standard InChI is InChI=1S/C14H12N2O4S2/c1-2-19-14(18)11-9(8(6-15)12(16)22-11)7-20-13(17)10-4-3-5-21-10/h3-5H,2,7,16H2,1H3. The van der Waals surface area contributed by atoms with Crippen LogP contribution in [0.4, 0.5) is 5.00 Å². The summed E-state index contributed by atoms with van der Waals surface area (Å²) in [5, 5.41) is 11.1. The Morgan fingerprint density at radius 2 is 2.14 bits per heavy atom. The number of hydrogen-bond donors (Lipinski definition) is 1. The van der Waals surface area contributed by atoms with Gasteiger partial charge in [0.15, 0.2) is 0 Å². The lowest BCUT2D eigenvalue weighted by Crippen LogP contribution is -2.09. The van der Waals surface area contributed by atoms with Gasteiger partial charge in [-0.25, -0.2) is 9.59 Å². The fourth-order valence-corrected chi connectivity index (χ4v) is 3.24. The maximum absolute atomic E-state index is 11.9. The van der Waals surface area contributed by atoms with Crippen LogP contribution in [0.5, 0.6) is 0 Å². The van der Waals surface area contributed by atoms with Crippen molar-refractivity contribution in [2.24, 2.45) is 0 Å². The van der Waals surface area contributed by atoms with Gasteiger partial charge in [0.2, 0.25) is 0 Å². The number of anilines is 1. The number of esters is 2. The Balaban J connectivity index is 2.23. The molecule has 114 valence electrons. The van der Waals surface area contributed by atoms with Crippen LogP contribution in [0, 0.1) is 11.3 Å². The zero-order chi connectivity index (χ0) is 16.1. The Bertz CT molecular complexity index is 729. The van der Waals surface area contributed by atoms with Crippen molar-refractivity contribution < 1.29 is 19.1 Å². The maximum atomic E-state index is 11.9. The van der Waals surface area contributed by atoms with E-state index in [1.54, 1.807) is 24.4 Å². The van der Waals surface area contributed by atoms with E-state index in [-0.39, 0.29) is 34.2 Å². The molecule has 2 N–H and O–H groups in total. The number of carbonyl (C=O) groups excluding carboxylic acids is 2. The monoisotopic (exact) mass is 336 g/mol. The molecule has 0 aliphatic carbocycles. The van der Waals surface area contributed by atoms with Crippen molar-refractivity contribution in [3.8, 4) is 6.07 Å². The summed E-state index contributed by atoms with van der Waals surface area (Å²) >= 11 is 2.20. The molecule has 0 saturated heterocycles. The summed E-state index contributed by atoms with van der Waals surface area (Å²) in [6.45, 7) is 1.67. The van der Waals surface area contributed by atoms with E-state index < -0.39 is 11.9 Å². The van der Waals surface area contributed by atoms with Crippen molar-refractivity contribution in [3.05, 3.63) is 38.4 Å². The van der Waals surface area contributed by atoms with E-state index in [4.69, 9.17) is 20.5 Å². The van der Waals surface area contributed by atoms with Gasteiger partial charge in [-0.15, -0.1) is 22.7 Å². The van der Waals surface area contributed by atoms with Crippen molar-refractivity contribution in [1.82, 2.24) is 0 Å². The van der Waals surface area contributed by atoms with Gasteiger partial charge in [-0.1, -0.05) is 6.07 Å². The number of nitrogens with two attached hydrogens (primary N) is 1. The van der Waals surface area contributed by atoms with Crippen LogP contribution in [0.15, 0.2) is 17.5 Å². The van der Waals surface area contributed by atoms with Crippen molar-refractivity contribution in [1.29, 1.82) is 5.26 Å². The van der Waals surface area contributed by atoms with Crippen LogP contribution in [0.2, 0.25) is 0 Å². The number of nitrogens with zero attached hydrogens (tertiary/aromatic N) is 1. The van der Waals surface area contributed by atoms with Gasteiger partial charge >= 0.3 is 11.9 Å². The molecule has 0 atom stereocenters. The molecule has 2 rings (SSSR count). The predicted molar refractivity (Wildman–Crippen MR) is 82.8 cm³/mol. The highest BCUT2D eigenvalue weighted by atomic mass is 32.1. The minimum Gasteiger partial charge on any atom is -0.462 e. The van der Waals surface area contributed by atoms with Gasteiger partial charge < -0.3 is 15.2 Å². The van der Waals surface area contributed by atoms with E-state index in [0.717, 1.165) is 11.3 Å². The first-order chi connectivity index (χ1) is 10.6. The van der Waals surface area contributed by atoms with Crippen LogP contribution in [-0.2, 0) is 16.1 Å². The minimum absolute atomic E-state index is 0.145. The second-order valence-corrected chi connectivity index (χ2v) is 6.03. The fraction of sp³-hybridized carbons (Fsp3) is 0.214. The van der Waals surface area contributed by atoms with Crippen LogP contribution in [0.25, 0.3) is 0 Å². The molecule has 0 aliphatic heterocycles. The molecule has 0 unspecified atom stereocenters. The molecule has 0 bridgehead atoms. The predicted octanol–water partition coefficient (Wildman–Crippen LogP) is 2.80. The molecular weight excluding hydrogens is 324 g/mol. The van der Waals surface area contributed by atoms with Gasteiger partial charge in [-0.2, -0.15) is 5.26 Å². The maximum Gasteiger partial charge on any atom is 0.348 e. The van der Waals surface area contributed by atoms with Crippen LogP contribution in [-0.4, -0.2) is 18.5 Å². The highest BCUT2D eigenvalue weighted by Crippen LogP contribution is 2.32. The Kier molecular flexibility index (Phi) is 5.14. The molecule has 0 saturated carbocycles. The molecule has 2 aromatic heterocycles. The fourth-order valence-electron chi connectivity index (χ4n) is 1.71. The van der Waals surface area contributed by atoms with E-state index in [0.29, 0.717) is 4.88 Å². The molecule has 0 aromatic carbocycles. The Morgan fingerprint density at radius 3 is 2.73 bits per heavy atom. The third kappa shape index (κ3) is 3.27. The molecule has 0 radical (unpaired) electrons. The van der Waals surface area contributed by atoms with Gasteiger partial charge in [0.1, 0.15) is 27.4 Å². The van der Waals surface area contributed by atoms with E-state index in [2.05, 4.69) is 0 Å². The molecule has 0 spiro atoms. The molecule has 6 nitrogen and oxygen atoms in total. The molecule has 8 heteroatoms. The SMILES string of the molecule is CCOC(=O)c1sc(N)c(C#N)c1COC(=O)c1cccs1. The number of carbonyl (C=O) groups is 2. The van der Waals surface area contributed by atoms with Crippen LogP contribution >= 0.6 is 22.7 Å².